The van der Waals surface area contributed by atoms with Crippen molar-refractivity contribution >= 4 is 0 Å². The molecule has 0 saturated heterocycles. The van der Waals surface area contributed by atoms with Crippen LogP contribution < -0.4 is 0 Å². The topological polar surface area (TPSA) is 32.7 Å². The summed E-state index contributed by atoms with van der Waals surface area (Å²) < 4.78 is 5.11. The summed E-state index contributed by atoms with van der Waals surface area (Å²) in [6, 6.07) is 0.354. The van der Waals surface area contributed by atoms with Crippen molar-refractivity contribution in [1.29, 1.82) is 0 Å². The van der Waals surface area contributed by atoms with Crippen molar-refractivity contribution in [2.45, 2.75) is 51.2 Å². The van der Waals surface area contributed by atoms with E-state index >= 15 is 0 Å². The van der Waals surface area contributed by atoms with E-state index in [0.717, 1.165) is 32.5 Å². The van der Waals surface area contributed by atoms with Crippen molar-refractivity contribution in [2.75, 3.05) is 26.8 Å². The molecule has 90 valence electrons. The Morgan fingerprint density at radius 1 is 1.27 bits per heavy atom. The lowest BCUT2D eigenvalue weighted by Crippen LogP contribution is -2.44. The van der Waals surface area contributed by atoms with E-state index in [9.17, 15) is 5.11 Å². The van der Waals surface area contributed by atoms with Crippen molar-refractivity contribution < 1.29 is 9.84 Å². The van der Waals surface area contributed by atoms with Gasteiger partial charge in [-0.15, -0.1) is 0 Å². The zero-order valence-electron chi connectivity index (χ0n) is 10.1. The number of nitrogens with zero attached hydrogens (tertiary/aromatic N) is 1. The quantitative estimate of drug-likeness (QED) is 0.708. The van der Waals surface area contributed by atoms with E-state index in [-0.39, 0.29) is 6.10 Å². The van der Waals surface area contributed by atoms with Crippen LogP contribution >= 0.6 is 0 Å². The summed E-state index contributed by atoms with van der Waals surface area (Å²) in [5.74, 6) is 0. The van der Waals surface area contributed by atoms with Gasteiger partial charge in [0.05, 0.1) is 12.7 Å². The standard InChI is InChI=1S/C12H25NO2/c1-3-13(9-10-15-2)11-7-5-4-6-8-12(11)14/h11-12,14H,3-10H2,1-2H3. The number of hydrogen-bond acceptors (Lipinski definition) is 3. The van der Waals surface area contributed by atoms with E-state index in [1.807, 2.05) is 0 Å². The molecule has 1 rings (SSSR count). The second kappa shape index (κ2) is 7.20. The van der Waals surface area contributed by atoms with Gasteiger partial charge in [-0.05, 0) is 19.4 Å². The molecule has 0 bridgehead atoms. The van der Waals surface area contributed by atoms with E-state index < -0.39 is 0 Å². The first kappa shape index (κ1) is 12.9. The van der Waals surface area contributed by atoms with Crippen LogP contribution in [0, 0.1) is 0 Å². The molecule has 1 fully saturated rings. The van der Waals surface area contributed by atoms with Crippen molar-refractivity contribution in [3.63, 3.8) is 0 Å². The summed E-state index contributed by atoms with van der Waals surface area (Å²) in [7, 11) is 1.73. The van der Waals surface area contributed by atoms with Crippen LogP contribution in [-0.2, 0) is 4.74 Å². The van der Waals surface area contributed by atoms with Crippen LogP contribution in [0.4, 0.5) is 0 Å². The maximum atomic E-state index is 10.1. The lowest BCUT2D eigenvalue weighted by Gasteiger charge is -2.32. The molecule has 0 aliphatic heterocycles. The molecule has 1 N–H and O–H groups in total. The highest BCUT2D eigenvalue weighted by Gasteiger charge is 2.26. The summed E-state index contributed by atoms with van der Waals surface area (Å²) in [5, 5.41) is 10.1. The Labute approximate surface area is 93.4 Å². The molecule has 0 spiro atoms. The fraction of sp³-hybridized carbons (Fsp3) is 1.00. The van der Waals surface area contributed by atoms with Crippen LogP contribution in [0.3, 0.4) is 0 Å². The first-order valence-corrected chi connectivity index (χ1v) is 6.20. The average Bonchev–Trinajstić information content (AvgIpc) is 2.45. The zero-order valence-corrected chi connectivity index (χ0v) is 10.1. The second-order valence-electron chi connectivity index (χ2n) is 4.39. The zero-order chi connectivity index (χ0) is 11.1. The summed E-state index contributed by atoms with van der Waals surface area (Å²) in [5.41, 5.74) is 0. The van der Waals surface area contributed by atoms with Crippen molar-refractivity contribution in [3.8, 4) is 0 Å². The number of hydrogen-bond donors (Lipinski definition) is 1. The third kappa shape index (κ3) is 4.09. The lowest BCUT2D eigenvalue weighted by molar-refractivity contribution is 0.0327. The average molecular weight is 215 g/mol. The van der Waals surface area contributed by atoms with Crippen LogP contribution in [0.1, 0.15) is 39.0 Å². The van der Waals surface area contributed by atoms with Gasteiger partial charge in [0.1, 0.15) is 0 Å². The minimum atomic E-state index is -0.135. The van der Waals surface area contributed by atoms with Crippen LogP contribution in [0.2, 0.25) is 0 Å². The number of ether oxygens (including phenoxy) is 1. The molecular formula is C12H25NO2. The van der Waals surface area contributed by atoms with Crippen LogP contribution in [0.25, 0.3) is 0 Å². The molecule has 0 amide bonds. The highest BCUT2D eigenvalue weighted by Crippen LogP contribution is 2.22. The summed E-state index contributed by atoms with van der Waals surface area (Å²) >= 11 is 0. The van der Waals surface area contributed by atoms with E-state index in [1.165, 1.54) is 19.3 Å². The Hall–Kier alpha value is -0.120. The predicted octanol–water partition coefficient (Wildman–Crippen LogP) is 1.65. The highest BCUT2D eigenvalue weighted by molar-refractivity contribution is 4.81. The van der Waals surface area contributed by atoms with E-state index in [2.05, 4.69) is 11.8 Å². The molecule has 1 aliphatic rings. The van der Waals surface area contributed by atoms with E-state index in [0.29, 0.717) is 6.04 Å². The summed E-state index contributed by atoms with van der Waals surface area (Å²) in [6.45, 7) is 4.87. The smallest absolute Gasteiger partial charge is 0.0695 e. The molecule has 2 unspecified atom stereocenters. The second-order valence-corrected chi connectivity index (χ2v) is 4.39. The maximum Gasteiger partial charge on any atom is 0.0695 e. The molecule has 1 aliphatic carbocycles. The minimum Gasteiger partial charge on any atom is -0.391 e. The summed E-state index contributed by atoms with van der Waals surface area (Å²) in [4.78, 5) is 2.36. The number of methoxy groups -OCH3 is 1. The van der Waals surface area contributed by atoms with Gasteiger partial charge in [0.15, 0.2) is 0 Å². The van der Waals surface area contributed by atoms with Gasteiger partial charge in [-0.1, -0.05) is 26.2 Å². The molecule has 15 heavy (non-hydrogen) atoms. The van der Waals surface area contributed by atoms with E-state index in [4.69, 9.17) is 4.74 Å². The number of aliphatic hydroxyl groups is 1. The van der Waals surface area contributed by atoms with Crippen molar-refractivity contribution in [3.05, 3.63) is 0 Å². The Morgan fingerprint density at radius 2 is 2.00 bits per heavy atom. The number of aliphatic hydroxyl groups excluding tert-OH is 1. The molecule has 0 aromatic rings. The predicted molar refractivity (Wildman–Crippen MR) is 62.0 cm³/mol. The van der Waals surface area contributed by atoms with Crippen LogP contribution in [-0.4, -0.2) is 49.0 Å². The number of likely N-dealkylation sites (N-methyl/N-ethyl adjacent to an activating group) is 1. The highest BCUT2D eigenvalue weighted by atomic mass is 16.5. The largest absolute Gasteiger partial charge is 0.391 e. The fourth-order valence-corrected chi connectivity index (χ4v) is 2.46. The molecule has 1 saturated carbocycles. The Balaban J connectivity index is 2.47. The Kier molecular flexibility index (Phi) is 6.22. The molecule has 0 radical (unpaired) electrons. The van der Waals surface area contributed by atoms with Crippen LogP contribution in [0.5, 0.6) is 0 Å². The monoisotopic (exact) mass is 215 g/mol. The van der Waals surface area contributed by atoms with Crippen molar-refractivity contribution in [2.24, 2.45) is 0 Å². The van der Waals surface area contributed by atoms with Gasteiger partial charge in [-0.2, -0.15) is 0 Å². The van der Waals surface area contributed by atoms with Gasteiger partial charge < -0.3 is 9.84 Å². The van der Waals surface area contributed by atoms with Crippen LogP contribution in [0.15, 0.2) is 0 Å². The third-order valence-electron chi connectivity index (χ3n) is 3.40. The van der Waals surface area contributed by atoms with Crippen molar-refractivity contribution in [1.82, 2.24) is 4.90 Å². The molecule has 3 nitrogen and oxygen atoms in total. The van der Waals surface area contributed by atoms with Gasteiger partial charge >= 0.3 is 0 Å². The van der Waals surface area contributed by atoms with Gasteiger partial charge in [0.25, 0.3) is 0 Å². The molecule has 3 heteroatoms. The Bertz CT molecular complexity index is 164. The Morgan fingerprint density at radius 3 is 2.67 bits per heavy atom. The normalized spacial score (nSPS) is 28.0. The third-order valence-corrected chi connectivity index (χ3v) is 3.40. The maximum absolute atomic E-state index is 10.1. The molecule has 2 atom stereocenters. The molecular weight excluding hydrogens is 190 g/mol. The first-order valence-electron chi connectivity index (χ1n) is 6.20. The SMILES string of the molecule is CCN(CCOC)C1CCCCCC1O. The molecule has 0 heterocycles. The van der Waals surface area contributed by atoms with Gasteiger partial charge in [0.2, 0.25) is 0 Å². The number of rotatable bonds is 5. The molecule has 0 aromatic carbocycles. The minimum absolute atomic E-state index is 0.135. The first-order chi connectivity index (χ1) is 7.29. The summed E-state index contributed by atoms with van der Waals surface area (Å²) in [6.07, 6.45) is 5.68. The fourth-order valence-electron chi connectivity index (χ4n) is 2.46. The van der Waals surface area contributed by atoms with Gasteiger partial charge in [-0.3, -0.25) is 4.90 Å². The van der Waals surface area contributed by atoms with Gasteiger partial charge in [0, 0.05) is 19.7 Å². The van der Waals surface area contributed by atoms with E-state index in [1.54, 1.807) is 7.11 Å². The molecule has 0 aromatic heterocycles. The van der Waals surface area contributed by atoms with Gasteiger partial charge in [-0.25, -0.2) is 0 Å². The lowest BCUT2D eigenvalue weighted by atomic mass is 10.0.